The van der Waals surface area contributed by atoms with Crippen LogP contribution in [0.3, 0.4) is 0 Å². The third kappa shape index (κ3) is 5.72. The molecule has 0 aromatic carbocycles. The quantitative estimate of drug-likeness (QED) is 0.319. The highest BCUT2D eigenvalue weighted by molar-refractivity contribution is 5.87. The molecule has 0 saturated carbocycles. The summed E-state index contributed by atoms with van der Waals surface area (Å²) in [7, 11) is 0. The number of halogens is 6. The van der Waals surface area contributed by atoms with Crippen LogP contribution in [0.15, 0.2) is 42.9 Å². The Labute approximate surface area is 211 Å². The number of aliphatic hydroxyl groups excluding tert-OH is 1. The van der Waals surface area contributed by atoms with Crippen molar-refractivity contribution >= 4 is 28.5 Å². The first-order valence-corrected chi connectivity index (χ1v) is 11.1. The van der Waals surface area contributed by atoms with Gasteiger partial charge in [-0.3, -0.25) is 0 Å². The van der Waals surface area contributed by atoms with Crippen molar-refractivity contribution in [2.45, 2.75) is 32.2 Å². The number of pyridine rings is 2. The van der Waals surface area contributed by atoms with Gasteiger partial charge in [0.2, 0.25) is 0 Å². The number of fused-ring (bicyclic) bond motifs is 1. The Hall–Kier alpha value is -4.14. The average Bonchev–Trinajstić information content (AvgIpc) is 2.86. The molecule has 38 heavy (non-hydrogen) atoms. The molecule has 15 heteroatoms. The molecule has 0 unspecified atom stereocenters. The van der Waals surface area contributed by atoms with Crippen LogP contribution in [0.4, 0.5) is 43.7 Å². The lowest BCUT2D eigenvalue weighted by molar-refractivity contribution is -0.138. The number of rotatable bonds is 7. The van der Waals surface area contributed by atoms with Crippen LogP contribution in [0.1, 0.15) is 25.0 Å². The Bertz CT molecular complexity index is 1430. The van der Waals surface area contributed by atoms with Gasteiger partial charge in [0.1, 0.15) is 22.7 Å². The molecule has 9 nitrogen and oxygen atoms in total. The van der Waals surface area contributed by atoms with E-state index in [4.69, 9.17) is 0 Å². The molecule has 0 amide bonds. The van der Waals surface area contributed by atoms with Crippen LogP contribution in [0.2, 0.25) is 0 Å². The lowest BCUT2D eigenvalue weighted by Crippen LogP contribution is -2.34. The molecule has 0 aliphatic rings. The van der Waals surface area contributed by atoms with Gasteiger partial charge >= 0.3 is 12.4 Å². The van der Waals surface area contributed by atoms with Gasteiger partial charge in [-0.15, -0.1) is 10.2 Å². The molecule has 4 aromatic heterocycles. The molecule has 0 atom stereocenters. The number of nitrogens with one attached hydrogen (secondary N) is 1. The van der Waals surface area contributed by atoms with Crippen LogP contribution in [-0.2, 0) is 12.4 Å². The van der Waals surface area contributed by atoms with Gasteiger partial charge in [-0.05, 0) is 38.1 Å². The van der Waals surface area contributed by atoms with Gasteiger partial charge in [0.15, 0.2) is 11.5 Å². The third-order valence-electron chi connectivity index (χ3n) is 5.39. The maximum atomic E-state index is 14.0. The van der Waals surface area contributed by atoms with Gasteiger partial charge in [0, 0.05) is 25.0 Å². The minimum absolute atomic E-state index is 0.0394. The summed E-state index contributed by atoms with van der Waals surface area (Å²) >= 11 is 0. The van der Waals surface area contributed by atoms with Crippen molar-refractivity contribution < 1.29 is 31.4 Å². The second kappa shape index (κ2) is 10.3. The number of anilines is 3. The van der Waals surface area contributed by atoms with E-state index in [9.17, 15) is 31.4 Å². The molecule has 0 fully saturated rings. The van der Waals surface area contributed by atoms with Gasteiger partial charge in [-0.2, -0.15) is 26.3 Å². The topological polar surface area (TPSA) is 113 Å². The maximum Gasteiger partial charge on any atom is 0.418 e. The van der Waals surface area contributed by atoms with Crippen molar-refractivity contribution in [3.8, 4) is 11.4 Å². The van der Waals surface area contributed by atoms with E-state index in [0.29, 0.717) is 6.20 Å². The minimum Gasteiger partial charge on any atom is -0.395 e. The normalized spacial score (nSPS) is 12.3. The van der Waals surface area contributed by atoms with Crippen molar-refractivity contribution in [3.05, 3.63) is 54.0 Å². The Morgan fingerprint density at radius 3 is 2.32 bits per heavy atom. The lowest BCUT2D eigenvalue weighted by atomic mass is 10.1. The fourth-order valence-corrected chi connectivity index (χ4v) is 3.58. The monoisotopic (exact) mass is 538 g/mol. The largest absolute Gasteiger partial charge is 0.418 e. The highest BCUT2D eigenvalue weighted by Crippen LogP contribution is 2.37. The first kappa shape index (κ1) is 26.9. The summed E-state index contributed by atoms with van der Waals surface area (Å²) < 4.78 is 80.4. The van der Waals surface area contributed by atoms with Gasteiger partial charge in [0.25, 0.3) is 0 Å². The van der Waals surface area contributed by atoms with Crippen LogP contribution in [0.5, 0.6) is 0 Å². The molecule has 4 heterocycles. The smallest absolute Gasteiger partial charge is 0.395 e. The van der Waals surface area contributed by atoms with E-state index in [1.807, 2.05) is 0 Å². The lowest BCUT2D eigenvalue weighted by Gasteiger charge is -2.27. The van der Waals surface area contributed by atoms with E-state index in [1.54, 1.807) is 13.8 Å². The molecule has 0 aliphatic heterocycles. The van der Waals surface area contributed by atoms with Crippen molar-refractivity contribution in [2.24, 2.45) is 0 Å². The zero-order valence-corrected chi connectivity index (χ0v) is 19.9. The molecule has 4 aromatic rings. The fraction of sp³-hybridized carbons (Fsp3) is 0.304. The maximum absolute atomic E-state index is 14.0. The van der Waals surface area contributed by atoms with Crippen LogP contribution in [-0.4, -0.2) is 54.4 Å². The number of alkyl halides is 6. The molecule has 0 radical (unpaired) electrons. The predicted octanol–water partition coefficient (Wildman–Crippen LogP) is 4.87. The molecule has 0 bridgehead atoms. The first-order chi connectivity index (χ1) is 17.9. The zero-order chi connectivity index (χ0) is 27.7. The van der Waals surface area contributed by atoms with Gasteiger partial charge in [-0.25, -0.2) is 19.9 Å². The van der Waals surface area contributed by atoms with Crippen molar-refractivity contribution in [2.75, 3.05) is 23.4 Å². The van der Waals surface area contributed by atoms with Gasteiger partial charge in [-0.1, -0.05) is 0 Å². The van der Waals surface area contributed by atoms with Crippen molar-refractivity contribution in [1.29, 1.82) is 0 Å². The molecular formula is C23H20F6N8O. The SMILES string of the molecule is CC(C)N(CCO)c1cc(C(F)(F)F)c(-c2cnc3c(Nc4ccc(C(F)(F)F)cn4)ccnc3n2)nn1. The first-order valence-electron chi connectivity index (χ1n) is 11.1. The summed E-state index contributed by atoms with van der Waals surface area (Å²) in [6.45, 7) is 3.25. The molecule has 0 aliphatic carbocycles. The Morgan fingerprint density at radius 1 is 0.947 bits per heavy atom. The second-order valence-electron chi connectivity index (χ2n) is 8.31. The van der Waals surface area contributed by atoms with Crippen LogP contribution >= 0.6 is 0 Å². The zero-order valence-electron chi connectivity index (χ0n) is 19.9. The summed E-state index contributed by atoms with van der Waals surface area (Å²) in [6, 6.07) is 4.03. The summed E-state index contributed by atoms with van der Waals surface area (Å²) in [4.78, 5) is 17.6. The number of hydrogen-bond donors (Lipinski definition) is 2. The van der Waals surface area contributed by atoms with E-state index in [1.165, 1.54) is 17.2 Å². The fourth-order valence-electron chi connectivity index (χ4n) is 3.58. The highest BCUT2D eigenvalue weighted by Gasteiger charge is 2.37. The average molecular weight is 538 g/mol. The molecule has 2 N–H and O–H groups in total. The molecule has 0 spiro atoms. The Balaban J connectivity index is 1.72. The second-order valence-corrected chi connectivity index (χ2v) is 8.31. The van der Waals surface area contributed by atoms with Crippen molar-refractivity contribution in [3.63, 3.8) is 0 Å². The summed E-state index contributed by atoms with van der Waals surface area (Å²) in [5.74, 6) is 0.0160. The summed E-state index contributed by atoms with van der Waals surface area (Å²) in [5, 5.41) is 19.8. The minimum atomic E-state index is -4.80. The summed E-state index contributed by atoms with van der Waals surface area (Å²) in [5.41, 5.74) is -2.44. The molecule has 4 rings (SSSR count). The number of nitrogens with zero attached hydrogens (tertiary/aromatic N) is 7. The number of aliphatic hydroxyl groups is 1. The van der Waals surface area contributed by atoms with Gasteiger partial charge < -0.3 is 15.3 Å². The standard InChI is InChI=1S/C23H20F6N8O/c1-12(2)37(7-8-38)18-9-14(23(27,28)29)19(36-35-18)16-11-32-20-15(5-6-30-21(20)34-16)33-17-4-3-13(10-31-17)22(24,25)26/h3-6,9-12,38H,7-8H2,1-2H3,(H,30,31,33,34). The van der Waals surface area contributed by atoms with E-state index < -0.39 is 29.2 Å². The van der Waals surface area contributed by atoms with Gasteiger partial charge in [0.05, 0.1) is 29.6 Å². The third-order valence-corrected chi connectivity index (χ3v) is 5.39. The Morgan fingerprint density at radius 2 is 1.71 bits per heavy atom. The molecular weight excluding hydrogens is 518 g/mol. The van der Waals surface area contributed by atoms with E-state index in [2.05, 4.69) is 35.5 Å². The highest BCUT2D eigenvalue weighted by atomic mass is 19.4. The van der Waals surface area contributed by atoms with Crippen LogP contribution in [0, 0.1) is 0 Å². The number of hydrogen-bond acceptors (Lipinski definition) is 9. The van der Waals surface area contributed by atoms with Crippen LogP contribution in [0.25, 0.3) is 22.6 Å². The predicted molar refractivity (Wildman–Crippen MR) is 125 cm³/mol. The number of aromatic nitrogens is 6. The van der Waals surface area contributed by atoms with E-state index in [-0.39, 0.29) is 53.4 Å². The van der Waals surface area contributed by atoms with Crippen molar-refractivity contribution in [1.82, 2.24) is 30.1 Å². The summed E-state index contributed by atoms with van der Waals surface area (Å²) in [6.07, 6.45) is -6.30. The van der Waals surface area contributed by atoms with E-state index in [0.717, 1.165) is 24.4 Å². The molecule has 0 saturated heterocycles. The Kier molecular flexibility index (Phi) is 7.31. The van der Waals surface area contributed by atoms with E-state index >= 15 is 0 Å². The van der Waals surface area contributed by atoms with Crippen LogP contribution < -0.4 is 10.2 Å². The molecule has 200 valence electrons.